The molecular weight excluding hydrogens is 161 g/mol. The molecule has 0 aromatic heterocycles. The molecule has 0 spiro atoms. The molecule has 4 heteroatoms. The Bertz CT molecular complexity index is 73.3. The van der Waals surface area contributed by atoms with Crippen LogP contribution in [0.4, 0.5) is 0 Å². The summed E-state index contributed by atoms with van der Waals surface area (Å²) in [6.07, 6.45) is 0. The number of carboxylic acids is 1. The number of rotatable bonds is 2. The van der Waals surface area contributed by atoms with E-state index in [1.54, 1.807) is 0 Å². The van der Waals surface area contributed by atoms with E-state index in [9.17, 15) is 4.79 Å². The molecule has 0 bridgehead atoms. The summed E-state index contributed by atoms with van der Waals surface area (Å²) < 4.78 is 0. The van der Waals surface area contributed by atoms with Crippen LogP contribution in [0.2, 0.25) is 0 Å². The van der Waals surface area contributed by atoms with Gasteiger partial charge in [0, 0.05) is 0 Å². The fraction of sp³-hybridized carbons (Fsp3) is 0.667. The number of hydrogen-bond donors (Lipinski definition) is 2. The third kappa shape index (κ3) is 5.95. The van der Waals surface area contributed by atoms with E-state index in [0.717, 1.165) is 0 Å². The molecule has 3 nitrogen and oxygen atoms in total. The molecular formula is C3H6NO2Se. The molecule has 0 saturated carbocycles. The van der Waals surface area contributed by atoms with E-state index in [2.05, 4.69) is 16.0 Å². The third-order valence-corrected chi connectivity index (χ3v) is 0.725. The quantitative estimate of drug-likeness (QED) is 0.514. The van der Waals surface area contributed by atoms with Crippen molar-refractivity contribution in [3.63, 3.8) is 0 Å². The van der Waals surface area contributed by atoms with Gasteiger partial charge in [-0.25, -0.2) is 0 Å². The predicted octanol–water partition coefficient (Wildman–Crippen LogP) is -1.09. The number of nitrogens with two attached hydrogens (primary N) is 1. The molecule has 0 heterocycles. The Hall–Kier alpha value is -0.0505. The van der Waals surface area contributed by atoms with Crippen LogP contribution in [-0.4, -0.2) is 32.0 Å². The Morgan fingerprint density at radius 3 is 2.43 bits per heavy atom. The van der Waals surface area contributed by atoms with Crippen molar-refractivity contribution in [2.45, 2.75) is 11.4 Å². The molecule has 0 aliphatic rings. The predicted molar refractivity (Wildman–Crippen MR) is 26.0 cm³/mol. The molecule has 3 N–H and O–H groups in total. The number of hydrogen-bond acceptors (Lipinski definition) is 2. The molecule has 0 fully saturated rings. The first-order valence-corrected chi connectivity index (χ1v) is 2.75. The Balaban J connectivity index is 3.13. The summed E-state index contributed by atoms with van der Waals surface area (Å²) in [7, 11) is 0. The summed E-state index contributed by atoms with van der Waals surface area (Å²) in [5.41, 5.74) is 5.06. The maximum atomic E-state index is 9.71. The topological polar surface area (TPSA) is 63.3 Å². The molecule has 1 atom stereocenters. The van der Waals surface area contributed by atoms with Gasteiger partial charge in [0.15, 0.2) is 0 Å². The van der Waals surface area contributed by atoms with Crippen molar-refractivity contribution < 1.29 is 9.90 Å². The molecule has 0 aromatic rings. The number of carboxylic acid groups (broad SMARTS) is 1. The average molecular weight is 167 g/mol. The van der Waals surface area contributed by atoms with Gasteiger partial charge in [-0.3, -0.25) is 0 Å². The van der Waals surface area contributed by atoms with E-state index in [-0.39, 0.29) is 11.4 Å². The second-order valence-corrected chi connectivity index (χ2v) is 2.41. The standard InChI is InChI=1S/C3H6NO2Se/c4-2(7)1-3(5)6/h2H,1,4H2,(H,5,6)/t2-/m0/s1. The molecule has 0 unspecified atom stereocenters. The molecule has 1 radical (unpaired) electrons. The number of aliphatic carboxylic acids is 1. The Morgan fingerprint density at radius 1 is 2.00 bits per heavy atom. The van der Waals surface area contributed by atoms with E-state index >= 15 is 0 Å². The minimum atomic E-state index is -0.869. The summed E-state index contributed by atoms with van der Waals surface area (Å²) in [5.74, 6) is -0.869. The van der Waals surface area contributed by atoms with E-state index in [1.807, 2.05) is 0 Å². The average Bonchev–Trinajstić information content (AvgIpc) is 1.27. The van der Waals surface area contributed by atoms with Gasteiger partial charge in [-0.1, -0.05) is 0 Å². The van der Waals surface area contributed by atoms with Gasteiger partial charge < -0.3 is 0 Å². The fourth-order valence-corrected chi connectivity index (χ4v) is 0.471. The first-order valence-electron chi connectivity index (χ1n) is 1.76. The molecule has 0 saturated heterocycles. The van der Waals surface area contributed by atoms with Crippen LogP contribution < -0.4 is 5.73 Å². The van der Waals surface area contributed by atoms with Gasteiger partial charge >= 0.3 is 49.0 Å². The van der Waals surface area contributed by atoms with Gasteiger partial charge in [0.1, 0.15) is 0 Å². The Kier molecular flexibility index (Phi) is 3.00. The zero-order valence-corrected chi connectivity index (χ0v) is 5.34. The van der Waals surface area contributed by atoms with E-state index in [0.29, 0.717) is 0 Å². The van der Waals surface area contributed by atoms with E-state index in [1.165, 1.54) is 0 Å². The Labute approximate surface area is 49.7 Å². The summed E-state index contributed by atoms with van der Waals surface area (Å²) in [6, 6.07) is 0. The first-order chi connectivity index (χ1) is 3.13. The second kappa shape index (κ2) is 3.02. The number of carbonyl (C=O) groups is 1. The summed E-state index contributed by atoms with van der Waals surface area (Å²) in [5, 5.41) is 7.98. The van der Waals surface area contributed by atoms with Crippen molar-refractivity contribution in [3.05, 3.63) is 0 Å². The van der Waals surface area contributed by atoms with Crippen LogP contribution in [0.25, 0.3) is 0 Å². The zero-order valence-electron chi connectivity index (χ0n) is 3.63. The van der Waals surface area contributed by atoms with Crippen LogP contribution in [0.15, 0.2) is 0 Å². The third-order valence-electron chi connectivity index (χ3n) is 0.376. The molecule has 41 valence electrons. The zero-order chi connectivity index (χ0) is 5.86. The monoisotopic (exact) mass is 168 g/mol. The van der Waals surface area contributed by atoms with Gasteiger partial charge in [0.2, 0.25) is 0 Å². The maximum absolute atomic E-state index is 9.71. The molecule has 0 amide bonds. The summed E-state index contributed by atoms with van der Waals surface area (Å²) in [6.45, 7) is 0. The summed E-state index contributed by atoms with van der Waals surface area (Å²) >= 11 is 2.47. The van der Waals surface area contributed by atoms with Gasteiger partial charge in [0.25, 0.3) is 0 Å². The SMILES string of the molecule is N[C@@H]([Se])CC(=O)O. The minimum absolute atomic E-state index is 0. The normalized spacial score (nSPS) is 13.4. The molecule has 0 rings (SSSR count). The van der Waals surface area contributed by atoms with Crippen molar-refractivity contribution in [2.75, 3.05) is 0 Å². The van der Waals surface area contributed by atoms with Crippen molar-refractivity contribution in [1.29, 1.82) is 0 Å². The van der Waals surface area contributed by atoms with Crippen molar-refractivity contribution in [3.8, 4) is 0 Å². The Morgan fingerprint density at radius 2 is 2.43 bits per heavy atom. The van der Waals surface area contributed by atoms with Crippen LogP contribution in [0.3, 0.4) is 0 Å². The van der Waals surface area contributed by atoms with E-state index < -0.39 is 5.97 Å². The van der Waals surface area contributed by atoms with E-state index in [4.69, 9.17) is 10.8 Å². The van der Waals surface area contributed by atoms with Gasteiger partial charge in [-0.05, 0) is 0 Å². The second-order valence-electron chi connectivity index (χ2n) is 1.14. The van der Waals surface area contributed by atoms with Crippen LogP contribution in [0, 0.1) is 0 Å². The van der Waals surface area contributed by atoms with Crippen LogP contribution in [0.5, 0.6) is 0 Å². The fourth-order valence-electron chi connectivity index (χ4n) is 0.172. The van der Waals surface area contributed by atoms with Crippen molar-refractivity contribution in [1.82, 2.24) is 0 Å². The van der Waals surface area contributed by atoms with Crippen LogP contribution in [0.1, 0.15) is 6.42 Å². The molecule has 0 aliphatic heterocycles. The summed E-state index contributed by atoms with van der Waals surface area (Å²) in [4.78, 5) is 9.36. The van der Waals surface area contributed by atoms with Gasteiger partial charge in [-0.15, -0.1) is 0 Å². The molecule has 0 aromatic carbocycles. The van der Waals surface area contributed by atoms with Crippen molar-refractivity contribution >= 4 is 22.0 Å². The van der Waals surface area contributed by atoms with Crippen molar-refractivity contribution in [2.24, 2.45) is 5.73 Å². The van der Waals surface area contributed by atoms with Gasteiger partial charge in [-0.2, -0.15) is 0 Å². The van der Waals surface area contributed by atoms with Crippen LogP contribution in [-0.2, 0) is 4.79 Å². The van der Waals surface area contributed by atoms with Gasteiger partial charge in [0.05, 0.1) is 0 Å². The molecule has 0 aliphatic carbocycles. The first kappa shape index (κ1) is 6.95. The molecule has 7 heavy (non-hydrogen) atoms. The van der Waals surface area contributed by atoms with Crippen LogP contribution >= 0.6 is 0 Å².